The van der Waals surface area contributed by atoms with Crippen LogP contribution >= 0.6 is 17.0 Å². The third-order valence-corrected chi connectivity index (χ3v) is 3.66. The van der Waals surface area contributed by atoms with Crippen molar-refractivity contribution < 1.29 is 9.47 Å². The third kappa shape index (κ3) is 3.81. The Labute approximate surface area is 118 Å². The van der Waals surface area contributed by atoms with Gasteiger partial charge in [-0.1, -0.05) is 0 Å². The largest absolute Gasteiger partial charge is 0.381 e. The maximum atomic E-state index is 5.45. The highest BCUT2D eigenvalue weighted by atomic mass is 79.9. The van der Waals surface area contributed by atoms with Gasteiger partial charge >= 0.3 is 0 Å². The van der Waals surface area contributed by atoms with Gasteiger partial charge in [-0.25, -0.2) is 0 Å². The standard InChI is InChI=1S/C11H22N4O2.BrH/c12-10(13)14-9-11(1-5-16-6-2-11)15-3-7-17-8-4-15;/h1-9H2,(H4,12,13,14);1H. The molecule has 0 aromatic heterocycles. The first kappa shape index (κ1) is 15.7. The van der Waals surface area contributed by atoms with Crippen molar-refractivity contribution >= 4 is 22.9 Å². The third-order valence-electron chi connectivity index (χ3n) is 3.66. The van der Waals surface area contributed by atoms with Crippen molar-refractivity contribution in [1.82, 2.24) is 4.90 Å². The summed E-state index contributed by atoms with van der Waals surface area (Å²) in [4.78, 5) is 6.69. The maximum Gasteiger partial charge on any atom is 0.185 e. The van der Waals surface area contributed by atoms with Crippen molar-refractivity contribution in [3.63, 3.8) is 0 Å². The van der Waals surface area contributed by atoms with Gasteiger partial charge in [0.05, 0.1) is 19.8 Å². The minimum absolute atomic E-state index is 0. The minimum Gasteiger partial charge on any atom is -0.381 e. The molecule has 2 aliphatic rings. The lowest BCUT2D eigenvalue weighted by Gasteiger charge is -2.47. The molecule has 2 heterocycles. The average molecular weight is 323 g/mol. The molecule has 0 aromatic rings. The topological polar surface area (TPSA) is 86.1 Å². The fourth-order valence-corrected chi connectivity index (χ4v) is 2.60. The summed E-state index contributed by atoms with van der Waals surface area (Å²) in [6, 6.07) is 0. The number of nitrogens with zero attached hydrogens (tertiary/aromatic N) is 2. The quantitative estimate of drug-likeness (QED) is 0.551. The lowest BCUT2D eigenvalue weighted by Crippen LogP contribution is -2.58. The van der Waals surface area contributed by atoms with Gasteiger partial charge in [-0.05, 0) is 12.8 Å². The molecule has 2 fully saturated rings. The van der Waals surface area contributed by atoms with Gasteiger partial charge in [0.2, 0.25) is 0 Å². The first-order valence-corrected chi connectivity index (χ1v) is 6.19. The van der Waals surface area contributed by atoms with E-state index in [0.717, 1.165) is 52.4 Å². The molecule has 0 atom stereocenters. The molecule has 2 saturated heterocycles. The average Bonchev–Trinajstić information content (AvgIpc) is 2.39. The van der Waals surface area contributed by atoms with Crippen molar-refractivity contribution in [2.24, 2.45) is 16.5 Å². The van der Waals surface area contributed by atoms with Crippen molar-refractivity contribution in [1.29, 1.82) is 0 Å². The van der Waals surface area contributed by atoms with Crippen LogP contribution in [0.25, 0.3) is 0 Å². The van der Waals surface area contributed by atoms with Crippen molar-refractivity contribution in [2.75, 3.05) is 46.1 Å². The molecule has 4 N–H and O–H groups in total. The van der Waals surface area contributed by atoms with E-state index in [1.165, 1.54) is 0 Å². The van der Waals surface area contributed by atoms with Gasteiger partial charge in [0.1, 0.15) is 0 Å². The summed E-state index contributed by atoms with van der Waals surface area (Å²) in [5.41, 5.74) is 11.0. The van der Waals surface area contributed by atoms with E-state index >= 15 is 0 Å². The molecule has 0 spiro atoms. The smallest absolute Gasteiger partial charge is 0.185 e. The molecule has 18 heavy (non-hydrogen) atoms. The van der Waals surface area contributed by atoms with E-state index in [1.54, 1.807) is 0 Å². The normalized spacial score (nSPS) is 24.0. The number of guanidine groups is 1. The molecule has 7 heteroatoms. The zero-order valence-electron chi connectivity index (χ0n) is 10.6. The first-order valence-electron chi connectivity index (χ1n) is 6.19. The van der Waals surface area contributed by atoms with E-state index in [-0.39, 0.29) is 28.5 Å². The fraction of sp³-hybridized carbons (Fsp3) is 0.909. The number of morpholine rings is 1. The molecule has 2 aliphatic heterocycles. The molecule has 0 radical (unpaired) electrons. The Hall–Kier alpha value is -0.370. The summed E-state index contributed by atoms with van der Waals surface area (Å²) in [7, 11) is 0. The van der Waals surface area contributed by atoms with Crippen LogP contribution < -0.4 is 11.5 Å². The second-order valence-corrected chi connectivity index (χ2v) is 4.68. The van der Waals surface area contributed by atoms with E-state index in [4.69, 9.17) is 20.9 Å². The minimum atomic E-state index is 0. The highest BCUT2D eigenvalue weighted by Gasteiger charge is 2.38. The monoisotopic (exact) mass is 322 g/mol. The number of hydrogen-bond acceptors (Lipinski definition) is 4. The van der Waals surface area contributed by atoms with Crippen LogP contribution in [-0.4, -0.2) is 62.5 Å². The number of halogens is 1. The van der Waals surface area contributed by atoms with E-state index in [1.807, 2.05) is 0 Å². The molecular weight excluding hydrogens is 300 g/mol. The lowest BCUT2D eigenvalue weighted by molar-refractivity contribution is -0.0667. The SMILES string of the molecule is Br.NC(N)=NCC1(N2CCOCC2)CCOCC1. The lowest BCUT2D eigenvalue weighted by atomic mass is 9.87. The maximum absolute atomic E-state index is 5.45. The van der Waals surface area contributed by atoms with Gasteiger partial charge in [0.25, 0.3) is 0 Å². The van der Waals surface area contributed by atoms with Gasteiger partial charge in [0, 0.05) is 31.8 Å². The second kappa shape index (κ2) is 7.28. The zero-order chi connectivity index (χ0) is 12.1. The highest BCUT2D eigenvalue weighted by molar-refractivity contribution is 8.93. The van der Waals surface area contributed by atoms with Crippen LogP contribution in [0.4, 0.5) is 0 Å². The predicted octanol–water partition coefficient (Wildman–Crippen LogP) is -0.281. The van der Waals surface area contributed by atoms with Crippen LogP contribution in [0, 0.1) is 0 Å². The molecule has 0 amide bonds. The molecule has 0 aromatic carbocycles. The Balaban J connectivity index is 0.00000162. The number of aliphatic imine (C=N–C) groups is 1. The summed E-state index contributed by atoms with van der Waals surface area (Å²) < 4.78 is 10.9. The molecule has 0 unspecified atom stereocenters. The molecule has 0 aliphatic carbocycles. The van der Waals surface area contributed by atoms with Gasteiger partial charge < -0.3 is 20.9 Å². The zero-order valence-corrected chi connectivity index (χ0v) is 12.4. The predicted molar refractivity (Wildman–Crippen MR) is 76.2 cm³/mol. The molecule has 0 saturated carbocycles. The van der Waals surface area contributed by atoms with Crippen LogP contribution in [0.1, 0.15) is 12.8 Å². The number of rotatable bonds is 3. The summed E-state index contributed by atoms with van der Waals surface area (Å²) in [6.45, 7) is 5.75. The van der Waals surface area contributed by atoms with E-state index < -0.39 is 0 Å². The highest BCUT2D eigenvalue weighted by Crippen LogP contribution is 2.29. The Morgan fingerprint density at radius 2 is 1.61 bits per heavy atom. The summed E-state index contributed by atoms with van der Waals surface area (Å²) >= 11 is 0. The molecule has 106 valence electrons. The summed E-state index contributed by atoms with van der Waals surface area (Å²) in [6.07, 6.45) is 1.98. The van der Waals surface area contributed by atoms with E-state index in [0.29, 0.717) is 6.54 Å². The van der Waals surface area contributed by atoms with Crippen LogP contribution in [-0.2, 0) is 9.47 Å². The van der Waals surface area contributed by atoms with Gasteiger partial charge in [-0.2, -0.15) is 0 Å². The van der Waals surface area contributed by atoms with Gasteiger partial charge in [-0.3, -0.25) is 9.89 Å². The van der Waals surface area contributed by atoms with Crippen molar-refractivity contribution in [2.45, 2.75) is 18.4 Å². The summed E-state index contributed by atoms with van der Waals surface area (Å²) in [5.74, 6) is 0.170. The fourth-order valence-electron chi connectivity index (χ4n) is 2.60. The van der Waals surface area contributed by atoms with Crippen LogP contribution in [0.15, 0.2) is 4.99 Å². The van der Waals surface area contributed by atoms with Crippen LogP contribution in [0.2, 0.25) is 0 Å². The van der Waals surface area contributed by atoms with E-state index in [9.17, 15) is 0 Å². The van der Waals surface area contributed by atoms with E-state index in [2.05, 4.69) is 9.89 Å². The molecule has 2 rings (SSSR count). The molecule has 6 nitrogen and oxygen atoms in total. The van der Waals surface area contributed by atoms with Gasteiger partial charge in [-0.15, -0.1) is 17.0 Å². The van der Waals surface area contributed by atoms with Crippen molar-refractivity contribution in [3.8, 4) is 0 Å². The van der Waals surface area contributed by atoms with Crippen LogP contribution in [0.3, 0.4) is 0 Å². The Kier molecular flexibility index (Phi) is 6.34. The Morgan fingerprint density at radius 1 is 1.06 bits per heavy atom. The molecular formula is C11H23BrN4O2. The Morgan fingerprint density at radius 3 is 2.17 bits per heavy atom. The number of hydrogen-bond donors (Lipinski definition) is 2. The van der Waals surface area contributed by atoms with Crippen LogP contribution in [0.5, 0.6) is 0 Å². The van der Waals surface area contributed by atoms with Gasteiger partial charge in [0.15, 0.2) is 5.96 Å². The Bertz CT molecular complexity index is 272. The number of nitrogens with two attached hydrogens (primary N) is 2. The summed E-state index contributed by atoms with van der Waals surface area (Å²) in [5, 5.41) is 0. The van der Waals surface area contributed by atoms with Crippen molar-refractivity contribution in [3.05, 3.63) is 0 Å². The molecule has 0 bridgehead atoms. The number of ether oxygens (including phenoxy) is 2. The first-order chi connectivity index (χ1) is 8.23. The second-order valence-electron chi connectivity index (χ2n) is 4.68.